The summed E-state index contributed by atoms with van der Waals surface area (Å²) in [5.74, 6) is 1.79. The van der Waals surface area contributed by atoms with Crippen molar-refractivity contribution in [3.63, 3.8) is 0 Å². The quantitative estimate of drug-likeness (QED) is 0.813. The van der Waals surface area contributed by atoms with E-state index in [0.717, 1.165) is 41.5 Å². The summed E-state index contributed by atoms with van der Waals surface area (Å²) in [6, 6.07) is 7.91. The number of aryl methyl sites for hydroxylation is 1. The Morgan fingerprint density at radius 1 is 1.28 bits per heavy atom. The standard InChI is InChI=1S/C13H17N3OS/c1-14-9-3-4-12-15-13(18-16-12)10-5-7-11(17-2)8-6-10/h5-8,14H,3-4,9H2,1-2H3. The van der Waals surface area contributed by atoms with Crippen LogP contribution in [0.5, 0.6) is 5.75 Å². The van der Waals surface area contributed by atoms with E-state index < -0.39 is 0 Å². The molecule has 0 unspecified atom stereocenters. The van der Waals surface area contributed by atoms with Crippen molar-refractivity contribution in [2.75, 3.05) is 20.7 Å². The average Bonchev–Trinajstić information content (AvgIpc) is 2.88. The zero-order chi connectivity index (χ0) is 12.8. The number of methoxy groups -OCH3 is 1. The number of hydrogen-bond donors (Lipinski definition) is 1. The van der Waals surface area contributed by atoms with Gasteiger partial charge in [-0.3, -0.25) is 0 Å². The van der Waals surface area contributed by atoms with Gasteiger partial charge in [-0.05, 0) is 55.8 Å². The molecule has 18 heavy (non-hydrogen) atoms. The molecule has 0 spiro atoms. The number of hydrogen-bond acceptors (Lipinski definition) is 5. The molecule has 0 aliphatic carbocycles. The molecule has 5 heteroatoms. The maximum absolute atomic E-state index is 5.14. The van der Waals surface area contributed by atoms with Crippen molar-refractivity contribution in [3.8, 4) is 16.3 Å². The first-order chi connectivity index (χ1) is 8.83. The fourth-order valence-corrected chi connectivity index (χ4v) is 2.34. The summed E-state index contributed by atoms with van der Waals surface area (Å²) in [5.41, 5.74) is 1.09. The van der Waals surface area contributed by atoms with Crippen LogP contribution in [0.1, 0.15) is 12.2 Å². The summed E-state index contributed by atoms with van der Waals surface area (Å²) < 4.78 is 9.51. The van der Waals surface area contributed by atoms with Gasteiger partial charge >= 0.3 is 0 Å². The first kappa shape index (κ1) is 13.0. The third-order valence-corrected chi connectivity index (χ3v) is 3.43. The predicted molar refractivity (Wildman–Crippen MR) is 74.1 cm³/mol. The van der Waals surface area contributed by atoms with Crippen molar-refractivity contribution in [2.24, 2.45) is 0 Å². The smallest absolute Gasteiger partial charge is 0.144 e. The van der Waals surface area contributed by atoms with E-state index in [2.05, 4.69) is 14.7 Å². The zero-order valence-electron chi connectivity index (χ0n) is 10.6. The van der Waals surface area contributed by atoms with E-state index in [9.17, 15) is 0 Å². The zero-order valence-corrected chi connectivity index (χ0v) is 11.5. The van der Waals surface area contributed by atoms with E-state index >= 15 is 0 Å². The van der Waals surface area contributed by atoms with Crippen LogP contribution >= 0.6 is 11.5 Å². The second-order valence-corrected chi connectivity index (χ2v) is 4.70. The lowest BCUT2D eigenvalue weighted by Gasteiger charge is -1.99. The second kappa shape index (κ2) is 6.47. The van der Waals surface area contributed by atoms with Crippen molar-refractivity contribution in [3.05, 3.63) is 30.1 Å². The Balaban J connectivity index is 2.04. The topological polar surface area (TPSA) is 47.0 Å². The fraction of sp³-hybridized carbons (Fsp3) is 0.385. The van der Waals surface area contributed by atoms with Crippen molar-refractivity contribution in [2.45, 2.75) is 12.8 Å². The Hall–Kier alpha value is -1.46. The minimum atomic E-state index is 0.859. The molecule has 0 amide bonds. The molecule has 1 heterocycles. The van der Waals surface area contributed by atoms with Gasteiger partial charge in [0.2, 0.25) is 0 Å². The molecule has 4 nitrogen and oxygen atoms in total. The molecular formula is C13H17N3OS. The lowest BCUT2D eigenvalue weighted by atomic mass is 10.2. The minimum Gasteiger partial charge on any atom is -0.497 e. The number of rotatable bonds is 6. The predicted octanol–water partition coefficient (Wildman–Crippen LogP) is 2.37. The Morgan fingerprint density at radius 3 is 2.72 bits per heavy atom. The highest BCUT2D eigenvalue weighted by Crippen LogP contribution is 2.24. The van der Waals surface area contributed by atoms with Crippen LogP contribution in [-0.2, 0) is 6.42 Å². The first-order valence-electron chi connectivity index (χ1n) is 5.95. The molecular weight excluding hydrogens is 246 g/mol. The summed E-state index contributed by atoms with van der Waals surface area (Å²) in [4.78, 5) is 4.55. The third kappa shape index (κ3) is 3.27. The molecule has 96 valence electrons. The van der Waals surface area contributed by atoms with E-state index in [1.165, 1.54) is 11.5 Å². The Bertz CT molecular complexity index is 481. The van der Waals surface area contributed by atoms with Crippen molar-refractivity contribution >= 4 is 11.5 Å². The Labute approximate surface area is 111 Å². The van der Waals surface area contributed by atoms with Gasteiger partial charge in [0, 0.05) is 12.0 Å². The van der Waals surface area contributed by atoms with E-state index in [0.29, 0.717) is 0 Å². The fourth-order valence-electron chi connectivity index (χ4n) is 1.63. The van der Waals surface area contributed by atoms with Gasteiger partial charge in [-0.2, -0.15) is 4.37 Å². The summed E-state index contributed by atoms with van der Waals surface area (Å²) >= 11 is 1.45. The van der Waals surface area contributed by atoms with Crippen molar-refractivity contribution in [1.82, 2.24) is 14.7 Å². The minimum absolute atomic E-state index is 0.859. The van der Waals surface area contributed by atoms with Crippen LogP contribution in [0.2, 0.25) is 0 Å². The van der Waals surface area contributed by atoms with Gasteiger partial charge in [-0.25, -0.2) is 4.98 Å². The van der Waals surface area contributed by atoms with Crippen LogP contribution in [0, 0.1) is 0 Å². The van der Waals surface area contributed by atoms with Gasteiger partial charge in [-0.1, -0.05) is 0 Å². The number of nitrogens with one attached hydrogen (secondary N) is 1. The van der Waals surface area contributed by atoms with Crippen LogP contribution in [0.15, 0.2) is 24.3 Å². The molecule has 0 radical (unpaired) electrons. The molecule has 1 aromatic heterocycles. The van der Waals surface area contributed by atoms with Gasteiger partial charge in [0.25, 0.3) is 0 Å². The molecule has 0 bridgehead atoms. The maximum atomic E-state index is 5.14. The SMILES string of the molecule is CNCCCc1nsc(-c2ccc(OC)cc2)n1. The second-order valence-electron chi connectivity index (χ2n) is 3.95. The van der Waals surface area contributed by atoms with E-state index in [-0.39, 0.29) is 0 Å². The van der Waals surface area contributed by atoms with Crippen molar-refractivity contribution < 1.29 is 4.74 Å². The number of nitrogens with zero attached hydrogens (tertiary/aromatic N) is 2. The van der Waals surface area contributed by atoms with Gasteiger partial charge < -0.3 is 10.1 Å². The van der Waals surface area contributed by atoms with Crippen LogP contribution in [0.3, 0.4) is 0 Å². The lowest BCUT2D eigenvalue weighted by Crippen LogP contribution is -2.08. The highest BCUT2D eigenvalue weighted by molar-refractivity contribution is 7.09. The van der Waals surface area contributed by atoms with E-state index in [1.54, 1.807) is 7.11 Å². The summed E-state index contributed by atoms with van der Waals surface area (Å²) in [7, 11) is 3.62. The molecule has 0 saturated heterocycles. The molecule has 0 aliphatic rings. The molecule has 0 saturated carbocycles. The molecule has 0 fully saturated rings. The van der Waals surface area contributed by atoms with Crippen LogP contribution < -0.4 is 10.1 Å². The summed E-state index contributed by atoms with van der Waals surface area (Å²) in [6.45, 7) is 0.997. The summed E-state index contributed by atoms with van der Waals surface area (Å²) in [5, 5.41) is 4.09. The largest absolute Gasteiger partial charge is 0.497 e. The lowest BCUT2D eigenvalue weighted by molar-refractivity contribution is 0.415. The van der Waals surface area contributed by atoms with Gasteiger partial charge in [-0.15, -0.1) is 0 Å². The summed E-state index contributed by atoms with van der Waals surface area (Å²) in [6.07, 6.45) is 1.99. The van der Waals surface area contributed by atoms with Crippen LogP contribution in [-0.4, -0.2) is 30.1 Å². The molecule has 0 aliphatic heterocycles. The maximum Gasteiger partial charge on any atom is 0.144 e. The molecule has 2 aromatic rings. The highest BCUT2D eigenvalue weighted by atomic mass is 32.1. The molecule has 1 aromatic carbocycles. The van der Waals surface area contributed by atoms with Gasteiger partial charge in [0.05, 0.1) is 7.11 Å². The Kier molecular flexibility index (Phi) is 4.66. The molecule has 2 rings (SSSR count). The van der Waals surface area contributed by atoms with Crippen molar-refractivity contribution in [1.29, 1.82) is 0 Å². The highest BCUT2D eigenvalue weighted by Gasteiger charge is 2.06. The van der Waals surface area contributed by atoms with Crippen LogP contribution in [0.4, 0.5) is 0 Å². The number of benzene rings is 1. The van der Waals surface area contributed by atoms with E-state index in [1.807, 2.05) is 31.3 Å². The number of ether oxygens (including phenoxy) is 1. The number of aromatic nitrogens is 2. The monoisotopic (exact) mass is 263 g/mol. The van der Waals surface area contributed by atoms with E-state index in [4.69, 9.17) is 4.74 Å². The van der Waals surface area contributed by atoms with Gasteiger partial charge in [0.1, 0.15) is 16.6 Å². The van der Waals surface area contributed by atoms with Gasteiger partial charge in [0.15, 0.2) is 0 Å². The molecule has 1 N–H and O–H groups in total. The third-order valence-electron chi connectivity index (χ3n) is 2.63. The first-order valence-corrected chi connectivity index (χ1v) is 6.72. The normalized spacial score (nSPS) is 10.6. The average molecular weight is 263 g/mol. The Morgan fingerprint density at radius 2 is 2.06 bits per heavy atom. The molecule has 0 atom stereocenters. The van der Waals surface area contributed by atoms with Crippen LogP contribution in [0.25, 0.3) is 10.6 Å².